The molecule has 0 radical (unpaired) electrons. The summed E-state index contributed by atoms with van der Waals surface area (Å²) in [4.78, 5) is 23.0. The highest BCUT2D eigenvalue weighted by molar-refractivity contribution is 5.90. The largest absolute Gasteiger partial charge is 0.480 e. The molecule has 1 unspecified atom stereocenters. The van der Waals surface area contributed by atoms with Crippen LogP contribution in [0.4, 0.5) is 5.69 Å². The van der Waals surface area contributed by atoms with E-state index in [4.69, 9.17) is 9.84 Å². The van der Waals surface area contributed by atoms with Gasteiger partial charge >= 0.3 is 5.97 Å². The summed E-state index contributed by atoms with van der Waals surface area (Å²) in [5.41, 5.74) is 0.666. The molecule has 0 fully saturated rings. The van der Waals surface area contributed by atoms with Crippen LogP contribution in [-0.4, -0.2) is 29.6 Å². The number of nitrogens with one attached hydrogen (secondary N) is 2. The Kier molecular flexibility index (Phi) is 7.64. The van der Waals surface area contributed by atoms with E-state index >= 15 is 0 Å². The number of carbonyl (C=O) groups is 2. The molecule has 0 aliphatic carbocycles. The third-order valence-corrected chi connectivity index (χ3v) is 3.74. The maximum Gasteiger partial charge on any atom is 0.320 e. The lowest BCUT2D eigenvalue weighted by Crippen LogP contribution is -2.38. The number of anilines is 1. The van der Waals surface area contributed by atoms with Crippen LogP contribution in [0, 0.1) is 0 Å². The first-order chi connectivity index (χ1) is 12.6. The number of amides is 1. The second kappa shape index (κ2) is 10.2. The molecule has 3 N–H and O–H groups in total. The van der Waals surface area contributed by atoms with Gasteiger partial charge in [-0.05, 0) is 42.8 Å². The molecule has 2 rings (SSSR count). The first-order valence-corrected chi connectivity index (χ1v) is 8.67. The van der Waals surface area contributed by atoms with Crippen LogP contribution >= 0.6 is 0 Å². The van der Waals surface area contributed by atoms with Crippen LogP contribution in [0.5, 0.6) is 11.5 Å². The van der Waals surface area contributed by atoms with Gasteiger partial charge in [0, 0.05) is 18.7 Å². The summed E-state index contributed by atoms with van der Waals surface area (Å²) in [5.74, 6) is 0.367. The predicted molar refractivity (Wildman–Crippen MR) is 101 cm³/mol. The Morgan fingerprint density at radius 3 is 2.31 bits per heavy atom. The monoisotopic (exact) mass is 356 g/mol. The fourth-order valence-electron chi connectivity index (χ4n) is 2.42. The Balaban J connectivity index is 1.77. The second-order valence-electron chi connectivity index (χ2n) is 5.87. The van der Waals surface area contributed by atoms with E-state index in [0.717, 1.165) is 12.2 Å². The number of carbonyl (C=O) groups excluding carboxylic acids is 1. The molecule has 0 spiro atoms. The van der Waals surface area contributed by atoms with Crippen LogP contribution in [0.2, 0.25) is 0 Å². The zero-order valence-electron chi connectivity index (χ0n) is 14.8. The summed E-state index contributed by atoms with van der Waals surface area (Å²) < 4.78 is 5.70. The minimum Gasteiger partial charge on any atom is -0.480 e. The molecule has 0 saturated carbocycles. The van der Waals surface area contributed by atoms with Gasteiger partial charge in [-0.15, -0.1) is 0 Å². The second-order valence-corrected chi connectivity index (χ2v) is 5.87. The average Bonchev–Trinajstić information content (AvgIpc) is 2.63. The summed E-state index contributed by atoms with van der Waals surface area (Å²) in [7, 11) is 0. The highest BCUT2D eigenvalue weighted by atomic mass is 16.5. The molecule has 138 valence electrons. The molecule has 1 amide bonds. The van der Waals surface area contributed by atoms with Crippen molar-refractivity contribution in [1.29, 1.82) is 0 Å². The van der Waals surface area contributed by atoms with Gasteiger partial charge in [-0.1, -0.05) is 31.5 Å². The lowest BCUT2D eigenvalue weighted by molar-refractivity contribution is -0.139. The van der Waals surface area contributed by atoms with Crippen LogP contribution in [0.15, 0.2) is 54.6 Å². The van der Waals surface area contributed by atoms with Crippen molar-refractivity contribution in [3.8, 4) is 11.5 Å². The number of ether oxygens (including phenoxy) is 1. The van der Waals surface area contributed by atoms with Crippen molar-refractivity contribution in [1.82, 2.24) is 5.32 Å². The summed E-state index contributed by atoms with van der Waals surface area (Å²) in [6.07, 6.45) is 1.52. The van der Waals surface area contributed by atoms with E-state index in [0.29, 0.717) is 24.4 Å². The predicted octanol–water partition coefficient (Wildman–Crippen LogP) is 3.65. The summed E-state index contributed by atoms with van der Waals surface area (Å²) in [6, 6.07) is 15.9. The number of carboxylic acids is 1. The van der Waals surface area contributed by atoms with Gasteiger partial charge in [0.15, 0.2) is 0 Å². The molecule has 26 heavy (non-hydrogen) atoms. The molecule has 2 aromatic rings. The average molecular weight is 356 g/mol. The zero-order chi connectivity index (χ0) is 18.8. The number of hydrogen-bond donors (Lipinski definition) is 3. The fourth-order valence-corrected chi connectivity index (χ4v) is 2.42. The third-order valence-electron chi connectivity index (χ3n) is 3.74. The van der Waals surface area contributed by atoms with Crippen molar-refractivity contribution in [3.63, 3.8) is 0 Å². The minimum absolute atomic E-state index is 0.171. The van der Waals surface area contributed by atoms with E-state index in [9.17, 15) is 9.59 Å². The molecule has 0 aliphatic heterocycles. The molecule has 6 nitrogen and oxygen atoms in total. The third kappa shape index (κ3) is 6.57. The highest BCUT2D eigenvalue weighted by Crippen LogP contribution is 2.22. The maximum atomic E-state index is 12.0. The molecular formula is C20H24N2O4. The van der Waals surface area contributed by atoms with Gasteiger partial charge in [0.1, 0.15) is 17.5 Å². The van der Waals surface area contributed by atoms with Crippen molar-refractivity contribution in [2.24, 2.45) is 0 Å². The van der Waals surface area contributed by atoms with Crippen molar-refractivity contribution in [3.05, 3.63) is 54.6 Å². The SMILES string of the molecule is CCCC(NCCC(=O)Nc1ccc(Oc2ccccc2)cc1)C(=O)O. The van der Waals surface area contributed by atoms with E-state index in [1.165, 1.54) is 0 Å². The van der Waals surface area contributed by atoms with Gasteiger partial charge in [0.05, 0.1) is 0 Å². The van der Waals surface area contributed by atoms with Crippen LogP contribution < -0.4 is 15.4 Å². The van der Waals surface area contributed by atoms with Gasteiger partial charge in [-0.3, -0.25) is 9.59 Å². The number of aliphatic carboxylic acids is 1. The quantitative estimate of drug-likeness (QED) is 0.605. The normalized spacial score (nSPS) is 11.6. The Morgan fingerprint density at radius 2 is 1.69 bits per heavy atom. The number of benzene rings is 2. The molecule has 6 heteroatoms. The Labute approximate surface area is 153 Å². The van der Waals surface area contributed by atoms with E-state index < -0.39 is 12.0 Å². The molecule has 2 aromatic carbocycles. The van der Waals surface area contributed by atoms with Gasteiger partial charge < -0.3 is 20.5 Å². The maximum absolute atomic E-state index is 12.0. The first-order valence-electron chi connectivity index (χ1n) is 8.67. The molecule has 0 heterocycles. The standard InChI is InChI=1S/C20H24N2O4/c1-2-6-18(20(24)25)21-14-13-19(23)22-15-9-11-17(12-10-15)26-16-7-4-3-5-8-16/h3-5,7-12,18,21H,2,6,13-14H2,1H3,(H,22,23)(H,24,25). The number of rotatable bonds is 10. The van der Waals surface area contributed by atoms with E-state index in [-0.39, 0.29) is 12.3 Å². The number of para-hydroxylation sites is 1. The van der Waals surface area contributed by atoms with Gasteiger partial charge in [-0.2, -0.15) is 0 Å². The van der Waals surface area contributed by atoms with Crippen LogP contribution in [0.1, 0.15) is 26.2 Å². The van der Waals surface area contributed by atoms with E-state index in [1.807, 2.05) is 37.3 Å². The number of carboxylic acid groups (broad SMARTS) is 1. The summed E-state index contributed by atoms with van der Waals surface area (Å²) in [6.45, 7) is 2.24. The molecule has 1 atom stereocenters. The summed E-state index contributed by atoms with van der Waals surface area (Å²) >= 11 is 0. The molecule has 0 aliphatic rings. The van der Waals surface area contributed by atoms with Crippen molar-refractivity contribution in [2.45, 2.75) is 32.2 Å². The smallest absolute Gasteiger partial charge is 0.320 e. The molecule has 0 bridgehead atoms. The molecular weight excluding hydrogens is 332 g/mol. The van der Waals surface area contributed by atoms with Gasteiger partial charge in [0.25, 0.3) is 0 Å². The Hall–Kier alpha value is -2.86. The topological polar surface area (TPSA) is 87.7 Å². The van der Waals surface area contributed by atoms with E-state index in [2.05, 4.69) is 10.6 Å². The van der Waals surface area contributed by atoms with Crippen LogP contribution in [0.25, 0.3) is 0 Å². The Bertz CT molecular complexity index is 702. The first kappa shape index (κ1) is 19.5. The highest BCUT2D eigenvalue weighted by Gasteiger charge is 2.15. The lowest BCUT2D eigenvalue weighted by Gasteiger charge is -2.13. The number of hydrogen-bond acceptors (Lipinski definition) is 4. The Morgan fingerprint density at radius 1 is 1.04 bits per heavy atom. The fraction of sp³-hybridized carbons (Fsp3) is 0.300. The van der Waals surface area contributed by atoms with Crippen molar-refractivity contribution < 1.29 is 19.4 Å². The van der Waals surface area contributed by atoms with Crippen LogP contribution in [0.3, 0.4) is 0 Å². The minimum atomic E-state index is -0.888. The van der Waals surface area contributed by atoms with Gasteiger partial charge in [-0.25, -0.2) is 0 Å². The van der Waals surface area contributed by atoms with Crippen molar-refractivity contribution in [2.75, 3.05) is 11.9 Å². The lowest BCUT2D eigenvalue weighted by atomic mass is 10.1. The molecule has 0 saturated heterocycles. The van der Waals surface area contributed by atoms with Gasteiger partial charge in [0.2, 0.25) is 5.91 Å². The van der Waals surface area contributed by atoms with Crippen LogP contribution in [-0.2, 0) is 9.59 Å². The zero-order valence-corrected chi connectivity index (χ0v) is 14.8. The summed E-state index contributed by atoms with van der Waals surface area (Å²) in [5, 5.41) is 14.7. The molecule has 0 aromatic heterocycles. The van der Waals surface area contributed by atoms with Crippen molar-refractivity contribution >= 4 is 17.6 Å². The van der Waals surface area contributed by atoms with E-state index in [1.54, 1.807) is 24.3 Å².